The van der Waals surface area contributed by atoms with E-state index in [1.807, 2.05) is 13.0 Å². The molecule has 0 spiro atoms. The van der Waals surface area contributed by atoms with Crippen LogP contribution in [0.1, 0.15) is 49.5 Å². The molecule has 0 fully saturated rings. The first-order chi connectivity index (χ1) is 9.63. The maximum atomic E-state index is 13.2. The number of aliphatic hydroxyl groups excluding tert-OH is 1. The minimum absolute atomic E-state index is 0.285. The molecule has 0 radical (unpaired) electrons. The second kappa shape index (κ2) is 6.71. The van der Waals surface area contributed by atoms with Gasteiger partial charge in [0.15, 0.2) is 0 Å². The lowest BCUT2D eigenvalue weighted by molar-refractivity contribution is 0.138. The minimum atomic E-state index is -0.616. The van der Waals surface area contributed by atoms with E-state index in [0.29, 0.717) is 17.8 Å². The van der Waals surface area contributed by atoms with Crippen LogP contribution in [0.2, 0.25) is 0 Å². The third-order valence-electron chi connectivity index (χ3n) is 3.62. The van der Waals surface area contributed by atoms with Crippen LogP contribution in [0.4, 0.5) is 4.39 Å². The van der Waals surface area contributed by atoms with Gasteiger partial charge in [0.05, 0.1) is 0 Å². The molecule has 0 bridgehead atoms. The smallest absolute Gasteiger partial charge is 0.136 e. The van der Waals surface area contributed by atoms with Crippen molar-refractivity contribution in [1.82, 2.24) is 0 Å². The maximum Gasteiger partial charge on any atom is 0.136 e. The second-order valence-corrected chi connectivity index (χ2v) is 5.17. The van der Waals surface area contributed by atoms with Gasteiger partial charge in [-0.25, -0.2) is 4.39 Å². The number of hydrogen-bond acceptors (Lipinski definition) is 2. The van der Waals surface area contributed by atoms with Crippen LogP contribution in [0.15, 0.2) is 35.3 Å². The highest BCUT2D eigenvalue weighted by molar-refractivity contribution is 5.82. The maximum absolute atomic E-state index is 13.2. The molecule has 0 aliphatic rings. The van der Waals surface area contributed by atoms with Crippen molar-refractivity contribution in [3.05, 3.63) is 48.0 Å². The van der Waals surface area contributed by atoms with Gasteiger partial charge in [-0.1, -0.05) is 18.9 Å². The number of furan rings is 1. The van der Waals surface area contributed by atoms with Crippen LogP contribution in [0.3, 0.4) is 0 Å². The van der Waals surface area contributed by atoms with Gasteiger partial charge >= 0.3 is 0 Å². The van der Waals surface area contributed by atoms with Crippen LogP contribution in [-0.2, 0) is 0 Å². The van der Waals surface area contributed by atoms with E-state index >= 15 is 0 Å². The molecule has 1 unspecified atom stereocenters. The Kier molecular flexibility index (Phi) is 4.96. The standard InChI is InChI=1S/C17H21FO2/c1-3-4-5-6-7-8-15(19)17-12(2)14-11-13(18)9-10-16(14)20-17/h3,9-11,15,19H,1,4-8H2,2H3. The zero-order valence-electron chi connectivity index (χ0n) is 11.9. The zero-order chi connectivity index (χ0) is 14.5. The van der Waals surface area contributed by atoms with Gasteiger partial charge in [0, 0.05) is 10.9 Å². The molecule has 108 valence electrons. The number of allylic oxidation sites excluding steroid dienone is 1. The quantitative estimate of drug-likeness (QED) is 0.567. The van der Waals surface area contributed by atoms with Gasteiger partial charge in [-0.3, -0.25) is 0 Å². The summed E-state index contributed by atoms with van der Waals surface area (Å²) < 4.78 is 18.9. The fourth-order valence-electron chi connectivity index (χ4n) is 2.46. The highest BCUT2D eigenvalue weighted by Gasteiger charge is 2.18. The van der Waals surface area contributed by atoms with Crippen LogP contribution < -0.4 is 0 Å². The summed E-state index contributed by atoms with van der Waals surface area (Å²) in [4.78, 5) is 0. The largest absolute Gasteiger partial charge is 0.458 e. The Balaban J connectivity index is 2.04. The van der Waals surface area contributed by atoms with Gasteiger partial charge in [0.1, 0.15) is 23.3 Å². The lowest BCUT2D eigenvalue weighted by Crippen LogP contribution is -1.97. The molecule has 0 saturated carbocycles. The predicted molar refractivity (Wildman–Crippen MR) is 79.2 cm³/mol. The van der Waals surface area contributed by atoms with E-state index in [9.17, 15) is 9.50 Å². The van der Waals surface area contributed by atoms with Gasteiger partial charge in [-0.2, -0.15) is 0 Å². The van der Waals surface area contributed by atoms with Crippen molar-refractivity contribution in [1.29, 1.82) is 0 Å². The molecule has 1 atom stereocenters. The first-order valence-electron chi connectivity index (χ1n) is 7.11. The third kappa shape index (κ3) is 3.28. The minimum Gasteiger partial charge on any atom is -0.458 e. The summed E-state index contributed by atoms with van der Waals surface area (Å²) in [6.07, 6.45) is 6.08. The fourth-order valence-corrected chi connectivity index (χ4v) is 2.46. The van der Waals surface area contributed by atoms with Crippen LogP contribution >= 0.6 is 0 Å². The fraction of sp³-hybridized carbons (Fsp3) is 0.412. The van der Waals surface area contributed by atoms with E-state index in [2.05, 4.69) is 6.58 Å². The molecule has 1 aromatic heterocycles. The summed E-state index contributed by atoms with van der Waals surface area (Å²) in [6.45, 7) is 5.55. The van der Waals surface area contributed by atoms with Crippen molar-refractivity contribution in [3.8, 4) is 0 Å². The molecule has 2 nitrogen and oxygen atoms in total. The number of halogens is 1. The molecule has 20 heavy (non-hydrogen) atoms. The Morgan fingerprint density at radius 3 is 2.90 bits per heavy atom. The van der Waals surface area contributed by atoms with E-state index in [1.54, 1.807) is 6.07 Å². The molecule has 2 rings (SSSR count). The average Bonchev–Trinajstić information content (AvgIpc) is 2.76. The summed E-state index contributed by atoms with van der Waals surface area (Å²) in [7, 11) is 0. The summed E-state index contributed by atoms with van der Waals surface area (Å²) in [5.41, 5.74) is 1.46. The molecule has 0 saturated heterocycles. The van der Waals surface area contributed by atoms with Crippen LogP contribution in [0, 0.1) is 12.7 Å². The molecular formula is C17H21FO2. The molecule has 3 heteroatoms. The number of rotatable bonds is 7. The van der Waals surface area contributed by atoms with Crippen molar-refractivity contribution in [2.45, 2.75) is 45.1 Å². The Hall–Kier alpha value is -1.61. The number of unbranched alkanes of at least 4 members (excludes halogenated alkanes) is 3. The molecule has 0 aliphatic carbocycles. The molecule has 0 aliphatic heterocycles. The topological polar surface area (TPSA) is 33.4 Å². The molecule has 2 aromatic rings. The Bertz CT molecular complexity index is 586. The second-order valence-electron chi connectivity index (χ2n) is 5.17. The van der Waals surface area contributed by atoms with Gasteiger partial charge in [-0.05, 0) is 44.4 Å². The van der Waals surface area contributed by atoms with Crippen molar-refractivity contribution < 1.29 is 13.9 Å². The van der Waals surface area contributed by atoms with Gasteiger partial charge < -0.3 is 9.52 Å². The van der Waals surface area contributed by atoms with E-state index < -0.39 is 6.10 Å². The highest BCUT2D eigenvalue weighted by atomic mass is 19.1. The summed E-state index contributed by atoms with van der Waals surface area (Å²) >= 11 is 0. The predicted octanol–water partition coefficient (Wildman–Crippen LogP) is 5.05. The molecular weight excluding hydrogens is 255 g/mol. The number of aryl methyl sites for hydroxylation is 1. The van der Waals surface area contributed by atoms with Gasteiger partial charge in [-0.15, -0.1) is 6.58 Å². The van der Waals surface area contributed by atoms with Crippen LogP contribution in [-0.4, -0.2) is 5.11 Å². The lowest BCUT2D eigenvalue weighted by atomic mass is 10.0. The summed E-state index contributed by atoms with van der Waals surface area (Å²) in [6, 6.07) is 4.43. The number of benzene rings is 1. The lowest BCUT2D eigenvalue weighted by Gasteiger charge is -2.08. The average molecular weight is 276 g/mol. The van der Waals surface area contributed by atoms with Gasteiger partial charge in [0.2, 0.25) is 0 Å². The Morgan fingerprint density at radius 1 is 1.35 bits per heavy atom. The normalized spacial score (nSPS) is 12.8. The Morgan fingerprint density at radius 2 is 2.15 bits per heavy atom. The van der Waals surface area contributed by atoms with E-state index in [0.717, 1.165) is 36.6 Å². The SMILES string of the molecule is C=CCCCCCC(O)c1oc2ccc(F)cc2c1C. The van der Waals surface area contributed by atoms with Crippen molar-refractivity contribution in [2.24, 2.45) is 0 Å². The Labute approximate surface area is 118 Å². The summed E-state index contributed by atoms with van der Waals surface area (Å²) in [5, 5.41) is 11.0. The number of fused-ring (bicyclic) bond motifs is 1. The van der Waals surface area contributed by atoms with Crippen molar-refractivity contribution in [3.63, 3.8) is 0 Å². The highest BCUT2D eigenvalue weighted by Crippen LogP contribution is 2.32. The number of aliphatic hydroxyl groups is 1. The number of hydrogen-bond donors (Lipinski definition) is 1. The van der Waals surface area contributed by atoms with Crippen LogP contribution in [0.25, 0.3) is 11.0 Å². The molecule has 1 aromatic carbocycles. The van der Waals surface area contributed by atoms with E-state index in [4.69, 9.17) is 4.42 Å². The first kappa shape index (κ1) is 14.8. The third-order valence-corrected chi connectivity index (χ3v) is 3.62. The monoisotopic (exact) mass is 276 g/mol. The van der Waals surface area contributed by atoms with E-state index in [1.165, 1.54) is 12.1 Å². The summed E-state index contributed by atoms with van der Waals surface area (Å²) in [5.74, 6) is 0.279. The first-order valence-corrected chi connectivity index (χ1v) is 7.11. The molecule has 1 N–H and O–H groups in total. The van der Waals surface area contributed by atoms with Gasteiger partial charge in [0.25, 0.3) is 0 Å². The van der Waals surface area contributed by atoms with Crippen molar-refractivity contribution >= 4 is 11.0 Å². The molecule has 1 heterocycles. The molecule has 0 amide bonds. The van der Waals surface area contributed by atoms with Crippen molar-refractivity contribution in [2.75, 3.05) is 0 Å². The zero-order valence-corrected chi connectivity index (χ0v) is 11.9. The van der Waals surface area contributed by atoms with Crippen LogP contribution in [0.5, 0.6) is 0 Å². The van der Waals surface area contributed by atoms with E-state index in [-0.39, 0.29) is 5.82 Å².